The number of carbonyl (C=O) groups excluding carboxylic acids is 2. The van der Waals surface area contributed by atoms with Gasteiger partial charge in [-0.1, -0.05) is 134 Å². The lowest BCUT2D eigenvalue weighted by molar-refractivity contribution is -0.122. The van der Waals surface area contributed by atoms with Gasteiger partial charge < -0.3 is 5.73 Å². The first-order valence-corrected chi connectivity index (χ1v) is 12.9. The SMILES string of the molecule is CCC(Br)(CC)C(=O)NC(N)=O.CCCCCCCCCCCCC(C)CCC. The first-order chi connectivity index (χ1) is 13.8. The van der Waals surface area contributed by atoms with Crippen LogP contribution < -0.4 is 11.1 Å². The summed E-state index contributed by atoms with van der Waals surface area (Å²) >= 11 is 3.26. The summed E-state index contributed by atoms with van der Waals surface area (Å²) in [7, 11) is 0. The first kappa shape index (κ1) is 30.6. The fourth-order valence-electron chi connectivity index (χ4n) is 3.41. The summed E-state index contributed by atoms with van der Waals surface area (Å²) in [4.78, 5) is 21.6. The van der Waals surface area contributed by atoms with E-state index in [1.54, 1.807) is 0 Å². The Balaban J connectivity index is 0. The van der Waals surface area contributed by atoms with Gasteiger partial charge in [0, 0.05) is 0 Å². The van der Waals surface area contributed by atoms with Crippen molar-refractivity contribution >= 4 is 27.9 Å². The van der Waals surface area contributed by atoms with Crippen molar-refractivity contribution in [3.05, 3.63) is 0 Å². The predicted molar refractivity (Wildman–Crippen MR) is 130 cm³/mol. The summed E-state index contributed by atoms with van der Waals surface area (Å²) in [6, 6.07) is -0.814. The second-order valence-electron chi connectivity index (χ2n) is 8.36. The number of urea groups is 1. The molecule has 0 aliphatic carbocycles. The van der Waals surface area contributed by atoms with Gasteiger partial charge in [0.05, 0.1) is 0 Å². The number of amides is 3. The highest BCUT2D eigenvalue weighted by Gasteiger charge is 2.32. The summed E-state index contributed by atoms with van der Waals surface area (Å²) in [6.45, 7) is 10.7. The Bertz CT molecular complexity index is 398. The van der Waals surface area contributed by atoms with Crippen LogP contribution in [0.3, 0.4) is 0 Å². The van der Waals surface area contributed by atoms with Crippen molar-refractivity contribution in [1.82, 2.24) is 5.32 Å². The Labute approximate surface area is 189 Å². The second-order valence-corrected chi connectivity index (χ2v) is 9.87. The highest BCUT2D eigenvalue weighted by atomic mass is 79.9. The van der Waals surface area contributed by atoms with E-state index in [0.29, 0.717) is 12.8 Å². The lowest BCUT2D eigenvalue weighted by Crippen LogP contribution is -2.46. The molecule has 5 heteroatoms. The minimum absolute atomic E-state index is 0.375. The van der Waals surface area contributed by atoms with E-state index in [-0.39, 0.29) is 5.91 Å². The highest BCUT2D eigenvalue weighted by molar-refractivity contribution is 9.10. The van der Waals surface area contributed by atoms with E-state index >= 15 is 0 Å². The van der Waals surface area contributed by atoms with E-state index in [9.17, 15) is 9.59 Å². The number of hydrogen-bond donors (Lipinski definition) is 2. The van der Waals surface area contributed by atoms with Gasteiger partial charge in [0.25, 0.3) is 0 Å². The van der Waals surface area contributed by atoms with Gasteiger partial charge in [-0.3, -0.25) is 10.1 Å². The molecule has 0 aliphatic heterocycles. The van der Waals surface area contributed by atoms with Crippen LogP contribution in [-0.4, -0.2) is 16.3 Å². The summed E-state index contributed by atoms with van der Waals surface area (Å²) < 4.78 is -0.665. The van der Waals surface area contributed by atoms with Gasteiger partial charge in [-0.05, 0) is 18.8 Å². The van der Waals surface area contributed by atoms with Gasteiger partial charge >= 0.3 is 6.03 Å². The maximum Gasteiger partial charge on any atom is 0.318 e. The molecule has 1 unspecified atom stereocenters. The molecule has 174 valence electrons. The molecule has 29 heavy (non-hydrogen) atoms. The molecule has 3 amide bonds. The van der Waals surface area contributed by atoms with E-state index in [1.807, 2.05) is 19.2 Å². The van der Waals surface area contributed by atoms with E-state index in [1.165, 1.54) is 83.5 Å². The zero-order valence-electron chi connectivity index (χ0n) is 20.0. The van der Waals surface area contributed by atoms with Gasteiger partial charge in [0.15, 0.2) is 0 Å². The molecule has 0 rings (SSSR count). The Hall–Kier alpha value is -0.580. The third-order valence-corrected chi connectivity index (χ3v) is 7.08. The average Bonchev–Trinajstić information content (AvgIpc) is 2.69. The van der Waals surface area contributed by atoms with Crippen molar-refractivity contribution < 1.29 is 9.59 Å². The lowest BCUT2D eigenvalue weighted by atomic mass is 9.98. The van der Waals surface area contributed by atoms with Crippen LogP contribution in [0.2, 0.25) is 0 Å². The van der Waals surface area contributed by atoms with Crippen LogP contribution >= 0.6 is 15.9 Å². The van der Waals surface area contributed by atoms with Gasteiger partial charge in [0.2, 0.25) is 5.91 Å². The number of primary amides is 1. The molecule has 0 aliphatic rings. The van der Waals surface area contributed by atoms with Crippen molar-refractivity contribution in [3.63, 3.8) is 0 Å². The van der Waals surface area contributed by atoms with Crippen molar-refractivity contribution in [2.75, 3.05) is 0 Å². The number of nitrogens with two attached hydrogens (primary N) is 1. The van der Waals surface area contributed by atoms with E-state index in [2.05, 4.69) is 36.7 Å². The van der Waals surface area contributed by atoms with Crippen LogP contribution in [0.1, 0.15) is 131 Å². The van der Waals surface area contributed by atoms with Gasteiger partial charge in [-0.15, -0.1) is 0 Å². The first-order valence-electron chi connectivity index (χ1n) is 12.1. The van der Waals surface area contributed by atoms with Gasteiger partial charge in [0.1, 0.15) is 4.32 Å². The average molecular weight is 478 g/mol. The predicted octanol–water partition coefficient (Wildman–Crippen LogP) is 7.87. The maximum absolute atomic E-state index is 11.3. The van der Waals surface area contributed by atoms with Crippen LogP contribution in [0.5, 0.6) is 0 Å². The maximum atomic E-state index is 11.3. The van der Waals surface area contributed by atoms with Crippen LogP contribution in [0.25, 0.3) is 0 Å². The van der Waals surface area contributed by atoms with Crippen LogP contribution in [0.15, 0.2) is 0 Å². The molecule has 0 saturated carbocycles. The fourth-order valence-corrected chi connectivity index (χ4v) is 3.51. The van der Waals surface area contributed by atoms with Gasteiger partial charge in [-0.2, -0.15) is 0 Å². The molecule has 0 fully saturated rings. The molecule has 0 saturated heterocycles. The number of alkyl halides is 1. The number of halogens is 1. The quantitative estimate of drug-likeness (QED) is 0.175. The van der Waals surface area contributed by atoms with E-state index in [4.69, 9.17) is 5.73 Å². The second kappa shape index (κ2) is 20.7. The molecular formula is C24H49BrN2O2. The smallest absolute Gasteiger partial charge is 0.318 e. The zero-order chi connectivity index (χ0) is 22.5. The molecule has 0 aromatic rings. The molecule has 0 bridgehead atoms. The zero-order valence-corrected chi connectivity index (χ0v) is 21.5. The Kier molecular flexibility index (Phi) is 21.8. The van der Waals surface area contributed by atoms with Crippen LogP contribution in [-0.2, 0) is 4.79 Å². The summed E-state index contributed by atoms with van der Waals surface area (Å²) in [5.74, 6) is 0.592. The molecule has 3 N–H and O–H groups in total. The largest absolute Gasteiger partial charge is 0.351 e. The standard InChI is InChI=1S/C17H36.C7H13BrN2O2/c1-4-6-7-8-9-10-11-12-13-14-16-17(3)15-5-2;1-3-7(8,4-2)5(11)10-6(9)12/h17H,4-16H2,1-3H3;3-4H2,1-2H3,(H3,9,10,11,12). The number of hydrogen-bond acceptors (Lipinski definition) is 2. The molecule has 0 spiro atoms. The van der Waals surface area contributed by atoms with E-state index in [0.717, 1.165) is 5.92 Å². The Morgan fingerprint density at radius 1 is 0.793 bits per heavy atom. The molecule has 0 radical (unpaired) electrons. The van der Waals surface area contributed by atoms with Crippen molar-refractivity contribution in [2.24, 2.45) is 11.7 Å². The van der Waals surface area contributed by atoms with Crippen LogP contribution in [0.4, 0.5) is 4.79 Å². The monoisotopic (exact) mass is 476 g/mol. The summed E-state index contributed by atoms with van der Waals surface area (Å²) in [6.07, 6.45) is 20.1. The minimum atomic E-state index is -0.814. The molecule has 0 aromatic carbocycles. The lowest BCUT2D eigenvalue weighted by Gasteiger charge is -2.21. The van der Waals surface area contributed by atoms with Crippen molar-refractivity contribution in [2.45, 2.75) is 135 Å². The summed E-state index contributed by atoms with van der Waals surface area (Å²) in [5.41, 5.74) is 4.81. The minimum Gasteiger partial charge on any atom is -0.351 e. The topological polar surface area (TPSA) is 72.2 Å². The van der Waals surface area contributed by atoms with Crippen molar-refractivity contribution in [3.8, 4) is 0 Å². The van der Waals surface area contributed by atoms with E-state index < -0.39 is 10.4 Å². The van der Waals surface area contributed by atoms with Gasteiger partial charge in [-0.25, -0.2) is 4.79 Å². The fraction of sp³-hybridized carbons (Fsp3) is 0.917. The Morgan fingerprint density at radius 3 is 1.62 bits per heavy atom. The number of rotatable bonds is 16. The highest BCUT2D eigenvalue weighted by Crippen LogP contribution is 2.26. The molecule has 0 aromatic heterocycles. The number of nitrogens with one attached hydrogen (secondary N) is 1. The normalized spacial score (nSPS) is 12.1. The Morgan fingerprint density at radius 2 is 1.24 bits per heavy atom. The third kappa shape index (κ3) is 19.1. The van der Waals surface area contributed by atoms with Crippen LogP contribution in [0, 0.1) is 5.92 Å². The molecule has 0 heterocycles. The van der Waals surface area contributed by atoms with Crippen molar-refractivity contribution in [1.29, 1.82) is 0 Å². The molecular weight excluding hydrogens is 428 g/mol. The molecule has 4 nitrogen and oxygen atoms in total. The number of unbranched alkanes of at least 4 members (excludes halogenated alkanes) is 9. The molecule has 1 atom stereocenters. The number of imide groups is 1. The summed E-state index contributed by atoms with van der Waals surface area (Å²) in [5, 5.41) is 2.04. The number of carbonyl (C=O) groups is 2. The third-order valence-electron chi connectivity index (χ3n) is 5.60.